The molecule has 0 unspecified atom stereocenters. The number of nitrogens with two attached hydrogens (primary N) is 1. The van der Waals surface area contributed by atoms with Gasteiger partial charge in [0.05, 0.1) is 12.5 Å². The summed E-state index contributed by atoms with van der Waals surface area (Å²) in [6.07, 6.45) is 3.08. The molecule has 6 nitrogen and oxygen atoms in total. The number of aliphatic hydroxyl groups excluding tert-OH is 1. The monoisotopic (exact) mass is 232 g/mol. The summed E-state index contributed by atoms with van der Waals surface area (Å²) in [6, 6.07) is -0.977. The largest absolute Gasteiger partial charge is 0.481 e. The van der Waals surface area contributed by atoms with Gasteiger partial charge in [0.1, 0.15) is 0 Å². The van der Waals surface area contributed by atoms with Gasteiger partial charge in [-0.1, -0.05) is 12.8 Å². The van der Waals surface area contributed by atoms with Crippen molar-refractivity contribution in [3.05, 3.63) is 0 Å². The van der Waals surface area contributed by atoms with Crippen LogP contribution in [0, 0.1) is 0 Å². The first-order valence-corrected chi connectivity index (χ1v) is 5.44. The SMILES string of the molecule is N[C@@H](CC(=O)O)C(=O)NCCCCCCO. The molecule has 0 saturated heterocycles. The molecule has 6 heteroatoms. The third-order valence-electron chi connectivity index (χ3n) is 2.12. The van der Waals surface area contributed by atoms with Gasteiger partial charge in [-0.05, 0) is 12.8 Å². The number of hydrogen-bond acceptors (Lipinski definition) is 4. The Bertz CT molecular complexity index is 221. The standard InChI is InChI=1S/C10H20N2O4/c11-8(7-9(14)15)10(16)12-5-3-1-2-4-6-13/h8,13H,1-7,11H2,(H,12,16)(H,14,15)/t8-/m0/s1. The fraction of sp³-hybridized carbons (Fsp3) is 0.800. The van der Waals surface area contributed by atoms with Crippen LogP contribution < -0.4 is 11.1 Å². The van der Waals surface area contributed by atoms with Gasteiger partial charge in [0, 0.05) is 13.2 Å². The normalized spacial score (nSPS) is 12.1. The Morgan fingerprint density at radius 2 is 1.81 bits per heavy atom. The molecule has 0 aliphatic rings. The van der Waals surface area contributed by atoms with E-state index in [9.17, 15) is 9.59 Å². The molecule has 0 aliphatic carbocycles. The number of unbranched alkanes of at least 4 members (excludes halogenated alkanes) is 3. The summed E-state index contributed by atoms with van der Waals surface area (Å²) in [5, 5.41) is 19.5. The predicted molar refractivity (Wildman–Crippen MR) is 58.8 cm³/mol. The Morgan fingerprint density at radius 1 is 1.19 bits per heavy atom. The quantitative estimate of drug-likeness (QED) is 0.399. The Kier molecular flexibility index (Phi) is 8.46. The molecule has 1 amide bonds. The molecule has 0 heterocycles. The van der Waals surface area contributed by atoms with E-state index in [1.807, 2.05) is 0 Å². The Labute approximate surface area is 94.8 Å². The van der Waals surface area contributed by atoms with Gasteiger partial charge in [-0.15, -0.1) is 0 Å². The van der Waals surface area contributed by atoms with E-state index in [2.05, 4.69) is 5.32 Å². The van der Waals surface area contributed by atoms with Crippen molar-refractivity contribution in [2.45, 2.75) is 38.1 Å². The van der Waals surface area contributed by atoms with Crippen molar-refractivity contribution in [3.8, 4) is 0 Å². The summed E-state index contributed by atoms with van der Waals surface area (Å²) in [5.41, 5.74) is 5.35. The average molecular weight is 232 g/mol. The molecule has 0 bridgehead atoms. The second-order valence-electron chi connectivity index (χ2n) is 3.63. The second-order valence-corrected chi connectivity index (χ2v) is 3.63. The molecule has 0 aromatic heterocycles. The van der Waals surface area contributed by atoms with Gasteiger partial charge in [0.25, 0.3) is 0 Å². The number of amides is 1. The van der Waals surface area contributed by atoms with Crippen molar-refractivity contribution in [1.82, 2.24) is 5.32 Å². The molecule has 16 heavy (non-hydrogen) atoms. The zero-order valence-electron chi connectivity index (χ0n) is 9.32. The van der Waals surface area contributed by atoms with Crippen molar-refractivity contribution in [2.75, 3.05) is 13.2 Å². The van der Waals surface area contributed by atoms with Crippen LogP contribution in [0.5, 0.6) is 0 Å². The van der Waals surface area contributed by atoms with E-state index in [-0.39, 0.29) is 13.0 Å². The van der Waals surface area contributed by atoms with Crippen LogP contribution in [0.15, 0.2) is 0 Å². The lowest BCUT2D eigenvalue weighted by Gasteiger charge is -2.09. The van der Waals surface area contributed by atoms with Gasteiger partial charge in [-0.2, -0.15) is 0 Å². The molecule has 0 rings (SSSR count). The Hall–Kier alpha value is -1.14. The highest BCUT2D eigenvalue weighted by atomic mass is 16.4. The number of hydrogen-bond donors (Lipinski definition) is 4. The van der Waals surface area contributed by atoms with E-state index in [0.717, 1.165) is 25.7 Å². The van der Waals surface area contributed by atoms with E-state index < -0.39 is 17.9 Å². The molecule has 0 aliphatic heterocycles. The van der Waals surface area contributed by atoms with Gasteiger partial charge in [0.15, 0.2) is 0 Å². The number of rotatable bonds is 9. The highest BCUT2D eigenvalue weighted by Crippen LogP contribution is 1.97. The lowest BCUT2D eigenvalue weighted by molar-refractivity contribution is -0.139. The summed E-state index contributed by atoms with van der Waals surface area (Å²) in [4.78, 5) is 21.5. The van der Waals surface area contributed by atoms with Crippen molar-refractivity contribution in [3.63, 3.8) is 0 Å². The van der Waals surface area contributed by atoms with Gasteiger partial charge >= 0.3 is 5.97 Å². The van der Waals surface area contributed by atoms with Crippen molar-refractivity contribution < 1.29 is 19.8 Å². The first-order chi connectivity index (χ1) is 7.57. The summed E-state index contributed by atoms with van der Waals surface area (Å²) in [7, 11) is 0. The van der Waals surface area contributed by atoms with Crippen LogP contribution in [0.1, 0.15) is 32.1 Å². The van der Waals surface area contributed by atoms with E-state index in [4.69, 9.17) is 15.9 Å². The van der Waals surface area contributed by atoms with Crippen molar-refractivity contribution >= 4 is 11.9 Å². The highest BCUT2D eigenvalue weighted by Gasteiger charge is 2.15. The fourth-order valence-corrected chi connectivity index (χ4v) is 1.21. The molecule has 5 N–H and O–H groups in total. The number of carboxylic acids is 1. The first kappa shape index (κ1) is 14.9. The van der Waals surface area contributed by atoms with E-state index >= 15 is 0 Å². The average Bonchev–Trinajstić information content (AvgIpc) is 2.21. The van der Waals surface area contributed by atoms with E-state index in [1.54, 1.807) is 0 Å². The van der Waals surface area contributed by atoms with Gasteiger partial charge in [-0.3, -0.25) is 9.59 Å². The zero-order valence-corrected chi connectivity index (χ0v) is 9.32. The lowest BCUT2D eigenvalue weighted by Crippen LogP contribution is -2.42. The zero-order chi connectivity index (χ0) is 12.4. The van der Waals surface area contributed by atoms with E-state index in [1.165, 1.54) is 0 Å². The molecule has 1 atom stereocenters. The Morgan fingerprint density at radius 3 is 2.38 bits per heavy atom. The first-order valence-electron chi connectivity index (χ1n) is 5.44. The highest BCUT2D eigenvalue weighted by molar-refractivity contribution is 5.85. The smallest absolute Gasteiger partial charge is 0.305 e. The number of aliphatic carboxylic acids is 1. The minimum atomic E-state index is -1.08. The molecule has 0 aromatic rings. The van der Waals surface area contributed by atoms with Crippen LogP contribution >= 0.6 is 0 Å². The summed E-state index contributed by atoms with van der Waals surface area (Å²) in [6.45, 7) is 0.688. The number of carboxylic acid groups (broad SMARTS) is 1. The molecular weight excluding hydrogens is 212 g/mol. The maximum Gasteiger partial charge on any atom is 0.305 e. The minimum Gasteiger partial charge on any atom is -0.481 e. The van der Waals surface area contributed by atoms with Crippen LogP contribution in [0.2, 0.25) is 0 Å². The Balaban J connectivity index is 3.46. The maximum absolute atomic E-state index is 11.2. The van der Waals surface area contributed by atoms with Crippen LogP contribution in [0.25, 0.3) is 0 Å². The molecule has 0 fully saturated rings. The van der Waals surface area contributed by atoms with Crippen LogP contribution in [0.4, 0.5) is 0 Å². The maximum atomic E-state index is 11.2. The van der Waals surface area contributed by atoms with Gasteiger partial charge < -0.3 is 21.3 Å². The van der Waals surface area contributed by atoms with Crippen molar-refractivity contribution in [2.24, 2.45) is 5.73 Å². The lowest BCUT2D eigenvalue weighted by atomic mass is 10.2. The number of aliphatic hydroxyl groups is 1. The van der Waals surface area contributed by atoms with Crippen molar-refractivity contribution in [1.29, 1.82) is 0 Å². The topological polar surface area (TPSA) is 113 Å². The summed E-state index contributed by atoms with van der Waals surface area (Å²) >= 11 is 0. The predicted octanol–water partition coefficient (Wildman–Crippen LogP) is -0.543. The number of carbonyl (C=O) groups excluding carboxylic acids is 1. The molecule has 0 spiro atoms. The molecule has 0 radical (unpaired) electrons. The van der Waals surface area contributed by atoms with Gasteiger partial charge in [-0.25, -0.2) is 0 Å². The third-order valence-corrected chi connectivity index (χ3v) is 2.12. The summed E-state index contributed by atoms with van der Waals surface area (Å²) in [5.74, 6) is -1.50. The van der Waals surface area contributed by atoms with Crippen LogP contribution in [-0.2, 0) is 9.59 Å². The van der Waals surface area contributed by atoms with Crippen LogP contribution in [-0.4, -0.2) is 41.3 Å². The second kappa shape index (κ2) is 9.11. The molecular formula is C10H20N2O4. The fourth-order valence-electron chi connectivity index (χ4n) is 1.21. The summed E-state index contributed by atoms with van der Waals surface area (Å²) < 4.78 is 0. The number of nitrogens with one attached hydrogen (secondary N) is 1. The minimum absolute atomic E-state index is 0.190. The van der Waals surface area contributed by atoms with E-state index in [0.29, 0.717) is 6.54 Å². The van der Waals surface area contributed by atoms with Gasteiger partial charge in [0.2, 0.25) is 5.91 Å². The van der Waals surface area contributed by atoms with Crippen LogP contribution in [0.3, 0.4) is 0 Å². The third kappa shape index (κ3) is 8.19. The number of carbonyl (C=O) groups is 2. The molecule has 0 aromatic carbocycles. The molecule has 0 saturated carbocycles. The molecule has 94 valence electrons.